The van der Waals surface area contributed by atoms with Gasteiger partial charge in [-0.15, -0.1) is 0 Å². The molecular formula is C19H28O4. The molecule has 0 aromatic rings. The van der Waals surface area contributed by atoms with E-state index in [1.807, 2.05) is 0 Å². The Kier molecular flexibility index (Phi) is 4.28. The predicted molar refractivity (Wildman–Crippen MR) is 86.7 cm³/mol. The predicted octanol–water partition coefficient (Wildman–Crippen LogP) is 3.93. The van der Waals surface area contributed by atoms with Crippen molar-refractivity contribution in [1.29, 1.82) is 0 Å². The summed E-state index contributed by atoms with van der Waals surface area (Å²) >= 11 is 0. The van der Waals surface area contributed by atoms with Gasteiger partial charge in [0.25, 0.3) is 0 Å². The Balaban J connectivity index is 1.76. The van der Waals surface area contributed by atoms with Crippen molar-refractivity contribution in [3.8, 4) is 0 Å². The first kappa shape index (κ1) is 16.5. The average Bonchev–Trinajstić information content (AvgIpc) is 3.22. The van der Waals surface area contributed by atoms with Crippen molar-refractivity contribution < 1.29 is 19.1 Å². The molecule has 0 heterocycles. The van der Waals surface area contributed by atoms with E-state index in [4.69, 9.17) is 9.47 Å². The fourth-order valence-corrected chi connectivity index (χ4v) is 4.76. The first-order valence-corrected chi connectivity index (χ1v) is 9.01. The second-order valence-electron chi connectivity index (χ2n) is 7.81. The molecule has 3 atom stereocenters. The van der Waals surface area contributed by atoms with Gasteiger partial charge in [-0.05, 0) is 70.6 Å². The summed E-state index contributed by atoms with van der Waals surface area (Å²) in [5, 5.41) is 0. The number of rotatable bonds is 5. The van der Waals surface area contributed by atoms with E-state index in [0.29, 0.717) is 11.5 Å². The molecule has 0 spiro atoms. The van der Waals surface area contributed by atoms with Crippen LogP contribution in [0.25, 0.3) is 0 Å². The van der Waals surface area contributed by atoms with Gasteiger partial charge in [0.2, 0.25) is 0 Å². The molecule has 2 bridgehead atoms. The number of ether oxygens (including phenoxy) is 2. The van der Waals surface area contributed by atoms with E-state index in [1.165, 1.54) is 0 Å². The molecule has 3 saturated carbocycles. The van der Waals surface area contributed by atoms with E-state index >= 15 is 0 Å². The molecule has 0 saturated heterocycles. The molecule has 3 aliphatic carbocycles. The summed E-state index contributed by atoms with van der Waals surface area (Å²) in [5.41, 5.74) is -0.507. The summed E-state index contributed by atoms with van der Waals surface area (Å²) in [6.45, 7) is 7.39. The summed E-state index contributed by atoms with van der Waals surface area (Å²) in [6.07, 6.45) is 8.13. The van der Waals surface area contributed by atoms with Gasteiger partial charge in [0.15, 0.2) is 0 Å². The fourth-order valence-electron chi connectivity index (χ4n) is 4.76. The smallest absolute Gasteiger partial charge is 0.333 e. The molecule has 4 heteroatoms. The fraction of sp³-hybridized carbons (Fsp3) is 0.789. The molecule has 4 nitrogen and oxygen atoms in total. The third kappa shape index (κ3) is 2.81. The van der Waals surface area contributed by atoms with Crippen molar-refractivity contribution in [3.63, 3.8) is 0 Å². The van der Waals surface area contributed by atoms with Crippen LogP contribution in [-0.4, -0.2) is 23.6 Å². The van der Waals surface area contributed by atoms with Gasteiger partial charge in [-0.25, -0.2) is 4.79 Å². The number of carbonyl (C=O) groups is 2. The molecule has 0 aromatic carbocycles. The van der Waals surface area contributed by atoms with Gasteiger partial charge in [0, 0.05) is 5.57 Å². The zero-order chi connectivity index (χ0) is 16.7. The summed E-state index contributed by atoms with van der Waals surface area (Å²) in [4.78, 5) is 25.0. The molecule has 0 radical (unpaired) electrons. The molecule has 3 fully saturated rings. The molecule has 3 rings (SSSR count). The van der Waals surface area contributed by atoms with Gasteiger partial charge in [-0.1, -0.05) is 13.5 Å². The number of hydrogen-bond donors (Lipinski definition) is 0. The second kappa shape index (κ2) is 5.95. The quantitative estimate of drug-likeness (QED) is 0.569. The Morgan fingerprint density at radius 2 is 1.91 bits per heavy atom. The normalized spacial score (nSPS) is 34.3. The van der Waals surface area contributed by atoms with Crippen molar-refractivity contribution in [2.45, 2.75) is 83.3 Å². The Hall–Kier alpha value is -1.32. The number of fused-ring (bicyclic) bond motifs is 2. The highest BCUT2D eigenvalue weighted by Gasteiger charge is 2.60. The van der Waals surface area contributed by atoms with Crippen LogP contribution >= 0.6 is 0 Å². The zero-order valence-electron chi connectivity index (χ0n) is 14.4. The third-order valence-corrected chi connectivity index (χ3v) is 6.29. The lowest BCUT2D eigenvalue weighted by Crippen LogP contribution is -2.45. The highest BCUT2D eigenvalue weighted by Crippen LogP contribution is 2.57. The minimum atomic E-state index is -0.611. The highest BCUT2D eigenvalue weighted by molar-refractivity contribution is 5.88. The number of hydrogen-bond acceptors (Lipinski definition) is 4. The van der Waals surface area contributed by atoms with Crippen LogP contribution in [0.2, 0.25) is 0 Å². The van der Waals surface area contributed by atoms with Crippen molar-refractivity contribution in [2.24, 2.45) is 11.3 Å². The van der Waals surface area contributed by atoms with E-state index in [1.54, 1.807) is 6.92 Å². The molecule has 3 unspecified atom stereocenters. The van der Waals surface area contributed by atoms with E-state index < -0.39 is 5.41 Å². The van der Waals surface area contributed by atoms with Crippen LogP contribution in [0.1, 0.15) is 71.6 Å². The third-order valence-electron chi connectivity index (χ3n) is 6.29. The Labute approximate surface area is 138 Å². The first-order chi connectivity index (χ1) is 10.9. The summed E-state index contributed by atoms with van der Waals surface area (Å²) < 4.78 is 11.7. The van der Waals surface area contributed by atoms with Crippen LogP contribution in [0.4, 0.5) is 0 Å². The minimum Gasteiger partial charge on any atom is -0.459 e. The van der Waals surface area contributed by atoms with Gasteiger partial charge in [0.05, 0.1) is 0 Å². The highest BCUT2D eigenvalue weighted by atomic mass is 16.6. The van der Waals surface area contributed by atoms with Gasteiger partial charge >= 0.3 is 11.9 Å². The maximum absolute atomic E-state index is 13.1. The van der Waals surface area contributed by atoms with E-state index in [0.717, 1.165) is 57.8 Å². The molecule has 23 heavy (non-hydrogen) atoms. The Morgan fingerprint density at radius 3 is 2.48 bits per heavy atom. The summed E-state index contributed by atoms with van der Waals surface area (Å²) in [7, 11) is 0. The van der Waals surface area contributed by atoms with Crippen LogP contribution < -0.4 is 0 Å². The van der Waals surface area contributed by atoms with Crippen molar-refractivity contribution in [1.82, 2.24) is 0 Å². The lowest BCUT2D eigenvalue weighted by atomic mass is 9.81. The molecule has 0 N–H and O–H groups in total. The Morgan fingerprint density at radius 1 is 1.22 bits per heavy atom. The van der Waals surface area contributed by atoms with E-state index in [2.05, 4.69) is 13.5 Å². The number of carbonyl (C=O) groups excluding carboxylic acids is 2. The molecule has 0 aliphatic heterocycles. The monoisotopic (exact) mass is 320 g/mol. The lowest BCUT2D eigenvalue weighted by molar-refractivity contribution is -0.182. The molecule has 0 aromatic heterocycles. The molecule has 3 aliphatic rings. The van der Waals surface area contributed by atoms with E-state index in [9.17, 15) is 9.59 Å². The standard InChI is InChI=1S/C19H28O4/c1-4-18(8-5-6-9-18)23-17(21)19-10-7-14(12-19)11-15(19)22-16(20)13(2)3/h14-15H,2,4-12H2,1,3H3. The van der Waals surface area contributed by atoms with E-state index in [-0.39, 0.29) is 23.6 Å². The maximum atomic E-state index is 13.1. The first-order valence-electron chi connectivity index (χ1n) is 9.01. The van der Waals surface area contributed by atoms with Crippen LogP contribution in [0.5, 0.6) is 0 Å². The molecule has 128 valence electrons. The summed E-state index contributed by atoms with van der Waals surface area (Å²) in [6, 6.07) is 0. The van der Waals surface area contributed by atoms with Crippen LogP contribution in [-0.2, 0) is 19.1 Å². The topological polar surface area (TPSA) is 52.6 Å². The molecular weight excluding hydrogens is 292 g/mol. The zero-order valence-corrected chi connectivity index (χ0v) is 14.4. The minimum absolute atomic E-state index is 0.124. The summed E-state index contributed by atoms with van der Waals surface area (Å²) in [5.74, 6) is -0.0341. The van der Waals surface area contributed by atoms with Gasteiger partial charge < -0.3 is 9.47 Å². The van der Waals surface area contributed by atoms with Crippen LogP contribution in [0.3, 0.4) is 0 Å². The van der Waals surface area contributed by atoms with Crippen molar-refractivity contribution in [3.05, 3.63) is 12.2 Å². The van der Waals surface area contributed by atoms with Crippen LogP contribution in [0.15, 0.2) is 12.2 Å². The largest absolute Gasteiger partial charge is 0.459 e. The second-order valence-corrected chi connectivity index (χ2v) is 7.81. The lowest BCUT2D eigenvalue weighted by Gasteiger charge is -2.37. The van der Waals surface area contributed by atoms with Gasteiger partial charge in [-0.3, -0.25) is 4.79 Å². The van der Waals surface area contributed by atoms with Crippen LogP contribution in [0, 0.1) is 11.3 Å². The average molecular weight is 320 g/mol. The van der Waals surface area contributed by atoms with Crippen molar-refractivity contribution in [2.75, 3.05) is 0 Å². The SMILES string of the molecule is C=C(C)C(=O)OC1CC2CCC1(C(=O)OC1(CC)CCCC1)C2. The van der Waals surface area contributed by atoms with Gasteiger partial charge in [0.1, 0.15) is 17.1 Å². The maximum Gasteiger partial charge on any atom is 0.333 e. The molecule has 0 amide bonds. The number of esters is 2. The van der Waals surface area contributed by atoms with Gasteiger partial charge in [-0.2, -0.15) is 0 Å². The Bertz CT molecular complexity index is 517. The van der Waals surface area contributed by atoms with Crippen molar-refractivity contribution >= 4 is 11.9 Å².